The molecule has 0 fully saturated rings. The van der Waals surface area contributed by atoms with E-state index in [1.807, 2.05) is 24.0 Å². The number of hydrogen-bond donors (Lipinski definition) is 2. The van der Waals surface area contributed by atoms with Gasteiger partial charge in [-0.2, -0.15) is 0 Å². The molecule has 6 heteroatoms. The molecule has 3 N–H and O–H groups in total. The van der Waals surface area contributed by atoms with Gasteiger partial charge in [-0.1, -0.05) is 6.07 Å². The summed E-state index contributed by atoms with van der Waals surface area (Å²) >= 11 is 0. The summed E-state index contributed by atoms with van der Waals surface area (Å²) in [6.07, 6.45) is 3.53. The van der Waals surface area contributed by atoms with Crippen LogP contribution in [0.3, 0.4) is 0 Å². The van der Waals surface area contributed by atoms with Gasteiger partial charge in [0, 0.05) is 19.8 Å². The summed E-state index contributed by atoms with van der Waals surface area (Å²) in [5, 5.41) is 3.27. The number of rotatable bonds is 4. The zero-order chi connectivity index (χ0) is 13.9. The topological polar surface area (TPSA) is 81.7 Å². The van der Waals surface area contributed by atoms with Crippen molar-refractivity contribution in [3.05, 3.63) is 48.2 Å². The van der Waals surface area contributed by atoms with Gasteiger partial charge in [0.05, 0.1) is 23.9 Å². The van der Waals surface area contributed by atoms with E-state index in [-0.39, 0.29) is 0 Å². The van der Waals surface area contributed by atoms with Gasteiger partial charge in [-0.25, -0.2) is 15.0 Å². The monoisotopic (exact) mass is 268 g/mol. The molecule has 6 nitrogen and oxygen atoms in total. The number of hydrogen-bond acceptors (Lipinski definition) is 5. The lowest BCUT2D eigenvalue weighted by Crippen LogP contribution is -2.07. The number of anilines is 1. The standard InChI is InChI=1S/C14H16N6/c1-20-9-18-11-6-10(2-3-12(11)20)8-17-13-4-5-16-14(7-15)19-13/h2-6,9H,7-8,15H2,1H3,(H,16,17,19). The first-order chi connectivity index (χ1) is 9.76. The summed E-state index contributed by atoms with van der Waals surface area (Å²) in [5.74, 6) is 1.41. The van der Waals surface area contributed by atoms with Crippen molar-refractivity contribution in [3.63, 3.8) is 0 Å². The van der Waals surface area contributed by atoms with Crippen molar-refractivity contribution in [3.8, 4) is 0 Å². The Hall–Kier alpha value is -2.47. The van der Waals surface area contributed by atoms with Crippen LogP contribution in [0.1, 0.15) is 11.4 Å². The number of nitrogens with zero attached hydrogens (tertiary/aromatic N) is 4. The molecule has 2 aromatic heterocycles. The van der Waals surface area contributed by atoms with Gasteiger partial charge in [-0.05, 0) is 23.8 Å². The smallest absolute Gasteiger partial charge is 0.144 e. The van der Waals surface area contributed by atoms with Crippen LogP contribution < -0.4 is 11.1 Å². The molecule has 0 saturated carbocycles. The number of nitrogens with two attached hydrogens (primary N) is 1. The Morgan fingerprint density at radius 2 is 2.15 bits per heavy atom. The van der Waals surface area contributed by atoms with Crippen LogP contribution in [0, 0.1) is 0 Å². The molecule has 2 heterocycles. The Kier molecular flexibility index (Phi) is 3.30. The number of aryl methyl sites for hydroxylation is 1. The van der Waals surface area contributed by atoms with Gasteiger partial charge in [-0.15, -0.1) is 0 Å². The fourth-order valence-corrected chi connectivity index (χ4v) is 2.08. The third kappa shape index (κ3) is 2.46. The fraction of sp³-hybridized carbons (Fsp3) is 0.214. The second-order valence-electron chi connectivity index (χ2n) is 4.59. The number of nitrogens with one attached hydrogen (secondary N) is 1. The summed E-state index contributed by atoms with van der Waals surface area (Å²) in [4.78, 5) is 12.7. The number of benzene rings is 1. The molecule has 3 rings (SSSR count). The molecule has 0 spiro atoms. The van der Waals surface area contributed by atoms with Crippen LogP contribution in [0.2, 0.25) is 0 Å². The Labute approximate surface area is 116 Å². The predicted octanol–water partition coefficient (Wildman–Crippen LogP) is 1.43. The molecule has 3 aromatic rings. The fourth-order valence-electron chi connectivity index (χ4n) is 2.08. The number of aromatic nitrogens is 4. The summed E-state index contributed by atoms with van der Waals surface area (Å²) in [5.41, 5.74) is 8.81. The van der Waals surface area contributed by atoms with Crippen molar-refractivity contribution in [2.24, 2.45) is 12.8 Å². The molecule has 0 aliphatic carbocycles. The van der Waals surface area contributed by atoms with Gasteiger partial charge in [0.2, 0.25) is 0 Å². The molecule has 0 amide bonds. The van der Waals surface area contributed by atoms with Gasteiger partial charge in [0.25, 0.3) is 0 Å². The molecule has 0 aliphatic heterocycles. The minimum atomic E-state index is 0.343. The average Bonchev–Trinajstić information content (AvgIpc) is 2.86. The molecule has 0 aliphatic rings. The van der Waals surface area contributed by atoms with Gasteiger partial charge >= 0.3 is 0 Å². The van der Waals surface area contributed by atoms with E-state index in [0.29, 0.717) is 18.9 Å². The van der Waals surface area contributed by atoms with Crippen molar-refractivity contribution in [2.45, 2.75) is 13.1 Å². The predicted molar refractivity (Wildman–Crippen MR) is 78.0 cm³/mol. The summed E-state index contributed by atoms with van der Waals surface area (Å²) in [6, 6.07) is 8.07. The first-order valence-corrected chi connectivity index (χ1v) is 6.42. The summed E-state index contributed by atoms with van der Waals surface area (Å²) < 4.78 is 2.00. The first-order valence-electron chi connectivity index (χ1n) is 6.42. The van der Waals surface area contributed by atoms with Crippen LogP contribution in [0.25, 0.3) is 11.0 Å². The van der Waals surface area contributed by atoms with Crippen molar-refractivity contribution < 1.29 is 0 Å². The minimum Gasteiger partial charge on any atom is -0.366 e. The second-order valence-corrected chi connectivity index (χ2v) is 4.59. The summed E-state index contributed by atoms with van der Waals surface area (Å²) in [6.45, 7) is 1.03. The maximum Gasteiger partial charge on any atom is 0.144 e. The van der Waals surface area contributed by atoms with Crippen LogP contribution >= 0.6 is 0 Å². The van der Waals surface area contributed by atoms with E-state index in [1.54, 1.807) is 6.20 Å². The second kappa shape index (κ2) is 5.26. The van der Waals surface area contributed by atoms with E-state index < -0.39 is 0 Å². The third-order valence-corrected chi connectivity index (χ3v) is 3.15. The lowest BCUT2D eigenvalue weighted by molar-refractivity contribution is 0.904. The molecule has 102 valence electrons. The van der Waals surface area contributed by atoms with Gasteiger partial charge < -0.3 is 15.6 Å². The molecular weight excluding hydrogens is 252 g/mol. The van der Waals surface area contributed by atoms with Crippen LogP contribution in [-0.4, -0.2) is 19.5 Å². The number of imidazole rings is 1. The van der Waals surface area contributed by atoms with Crippen molar-refractivity contribution in [1.82, 2.24) is 19.5 Å². The van der Waals surface area contributed by atoms with E-state index in [2.05, 4.69) is 38.5 Å². The zero-order valence-corrected chi connectivity index (χ0v) is 11.2. The van der Waals surface area contributed by atoms with E-state index >= 15 is 0 Å². The molecule has 0 saturated heterocycles. The van der Waals surface area contributed by atoms with Gasteiger partial charge in [-0.3, -0.25) is 0 Å². The Balaban J connectivity index is 1.75. The third-order valence-electron chi connectivity index (χ3n) is 3.15. The average molecular weight is 268 g/mol. The molecule has 0 radical (unpaired) electrons. The highest BCUT2D eigenvalue weighted by Crippen LogP contribution is 2.14. The van der Waals surface area contributed by atoms with E-state index in [9.17, 15) is 0 Å². The van der Waals surface area contributed by atoms with Crippen molar-refractivity contribution in [1.29, 1.82) is 0 Å². The number of fused-ring (bicyclic) bond motifs is 1. The molecule has 0 unspecified atom stereocenters. The van der Waals surface area contributed by atoms with Gasteiger partial charge in [0.15, 0.2) is 0 Å². The Morgan fingerprint density at radius 3 is 3.00 bits per heavy atom. The van der Waals surface area contributed by atoms with E-state index in [1.165, 1.54) is 0 Å². The normalized spacial score (nSPS) is 10.9. The molecular formula is C14H16N6. The zero-order valence-electron chi connectivity index (χ0n) is 11.2. The molecule has 1 aromatic carbocycles. The van der Waals surface area contributed by atoms with E-state index in [0.717, 1.165) is 22.4 Å². The van der Waals surface area contributed by atoms with Crippen LogP contribution in [0.4, 0.5) is 5.82 Å². The quantitative estimate of drug-likeness (QED) is 0.748. The largest absolute Gasteiger partial charge is 0.366 e. The van der Waals surface area contributed by atoms with E-state index in [4.69, 9.17) is 5.73 Å². The summed E-state index contributed by atoms with van der Waals surface area (Å²) in [7, 11) is 1.99. The van der Waals surface area contributed by atoms with Crippen molar-refractivity contribution >= 4 is 16.9 Å². The lowest BCUT2D eigenvalue weighted by atomic mass is 10.2. The SMILES string of the molecule is Cn1cnc2cc(CNc3ccnc(CN)n3)ccc21. The maximum atomic E-state index is 5.53. The Morgan fingerprint density at radius 1 is 1.25 bits per heavy atom. The van der Waals surface area contributed by atoms with Gasteiger partial charge in [0.1, 0.15) is 11.6 Å². The highest BCUT2D eigenvalue weighted by atomic mass is 15.0. The first kappa shape index (κ1) is 12.6. The minimum absolute atomic E-state index is 0.343. The molecule has 0 bridgehead atoms. The Bertz CT molecular complexity index is 733. The maximum absolute atomic E-state index is 5.53. The van der Waals surface area contributed by atoms with Crippen LogP contribution in [0.5, 0.6) is 0 Å². The molecule has 20 heavy (non-hydrogen) atoms. The highest BCUT2D eigenvalue weighted by molar-refractivity contribution is 5.76. The highest BCUT2D eigenvalue weighted by Gasteiger charge is 2.02. The van der Waals surface area contributed by atoms with Crippen molar-refractivity contribution in [2.75, 3.05) is 5.32 Å². The van der Waals surface area contributed by atoms with Crippen LogP contribution in [-0.2, 0) is 20.1 Å². The molecule has 0 atom stereocenters. The van der Waals surface area contributed by atoms with Crippen LogP contribution in [0.15, 0.2) is 36.8 Å². The lowest BCUT2D eigenvalue weighted by Gasteiger charge is -2.06.